The van der Waals surface area contributed by atoms with Gasteiger partial charge in [-0.1, -0.05) is 96.7 Å². The summed E-state index contributed by atoms with van der Waals surface area (Å²) in [5.74, 6) is 0.541. The van der Waals surface area contributed by atoms with E-state index in [0.717, 1.165) is 29.5 Å². The number of benzene rings is 3. The van der Waals surface area contributed by atoms with Gasteiger partial charge in [0.25, 0.3) is 0 Å². The molecule has 196 valence electrons. The van der Waals surface area contributed by atoms with Gasteiger partial charge < -0.3 is 10.2 Å². The number of thioether (sulfide) groups is 1. The van der Waals surface area contributed by atoms with Gasteiger partial charge in [0, 0.05) is 40.3 Å². The lowest BCUT2D eigenvalue weighted by Crippen LogP contribution is -2.51. The molecule has 4 nitrogen and oxygen atoms in total. The highest BCUT2D eigenvalue weighted by Crippen LogP contribution is 2.25. The molecule has 0 saturated heterocycles. The van der Waals surface area contributed by atoms with Crippen LogP contribution in [0.4, 0.5) is 0 Å². The summed E-state index contributed by atoms with van der Waals surface area (Å²) in [6.45, 7) is 2.84. The number of rotatable bonds is 13. The SMILES string of the molecule is CCCCNC(=O)[C@H](Cc1ccccc1)N(Cc1ccc(Cl)cc1Cl)C(=O)CSCc1cccc(Cl)c1. The summed E-state index contributed by atoms with van der Waals surface area (Å²) in [6, 6.07) is 21.8. The molecular formula is C29H31Cl3N2O2S. The third-order valence-corrected chi connectivity index (χ3v) is 7.65. The van der Waals surface area contributed by atoms with E-state index in [9.17, 15) is 9.59 Å². The fraction of sp³-hybridized carbons (Fsp3) is 0.310. The third kappa shape index (κ3) is 9.57. The Kier molecular flexibility index (Phi) is 12.1. The Morgan fingerprint density at radius 2 is 1.65 bits per heavy atom. The van der Waals surface area contributed by atoms with Crippen molar-refractivity contribution in [3.8, 4) is 0 Å². The molecular weight excluding hydrogens is 547 g/mol. The molecule has 0 aromatic heterocycles. The molecule has 0 fully saturated rings. The van der Waals surface area contributed by atoms with E-state index in [1.807, 2.05) is 54.6 Å². The monoisotopic (exact) mass is 576 g/mol. The molecule has 0 heterocycles. The van der Waals surface area contributed by atoms with Crippen LogP contribution in [0.25, 0.3) is 0 Å². The highest BCUT2D eigenvalue weighted by atomic mass is 35.5. The molecule has 37 heavy (non-hydrogen) atoms. The molecule has 2 amide bonds. The van der Waals surface area contributed by atoms with E-state index in [2.05, 4.69) is 12.2 Å². The minimum Gasteiger partial charge on any atom is -0.354 e. The van der Waals surface area contributed by atoms with Crippen molar-refractivity contribution in [2.24, 2.45) is 0 Å². The van der Waals surface area contributed by atoms with Crippen molar-refractivity contribution in [2.45, 2.75) is 44.5 Å². The molecule has 3 aromatic rings. The second-order valence-electron chi connectivity index (χ2n) is 8.73. The van der Waals surface area contributed by atoms with Gasteiger partial charge in [0.1, 0.15) is 6.04 Å². The van der Waals surface area contributed by atoms with Crippen LogP contribution in [0.5, 0.6) is 0 Å². The maximum Gasteiger partial charge on any atom is 0.243 e. The summed E-state index contributed by atoms with van der Waals surface area (Å²) in [7, 11) is 0. The van der Waals surface area contributed by atoms with Crippen LogP contribution in [0.15, 0.2) is 72.8 Å². The van der Waals surface area contributed by atoms with Crippen LogP contribution in [0.1, 0.15) is 36.5 Å². The number of amides is 2. The zero-order valence-corrected chi connectivity index (χ0v) is 23.8. The Labute approximate surface area is 238 Å². The van der Waals surface area contributed by atoms with Gasteiger partial charge in [-0.05, 0) is 47.4 Å². The summed E-state index contributed by atoms with van der Waals surface area (Å²) < 4.78 is 0. The van der Waals surface area contributed by atoms with Crippen LogP contribution in [0.3, 0.4) is 0 Å². The normalized spacial score (nSPS) is 11.7. The van der Waals surface area contributed by atoms with Crippen molar-refractivity contribution in [1.82, 2.24) is 10.2 Å². The molecule has 0 unspecified atom stereocenters. The van der Waals surface area contributed by atoms with Gasteiger partial charge in [0.05, 0.1) is 5.75 Å². The van der Waals surface area contributed by atoms with Gasteiger partial charge in [-0.3, -0.25) is 9.59 Å². The van der Waals surface area contributed by atoms with E-state index in [-0.39, 0.29) is 24.1 Å². The molecule has 0 aliphatic rings. The molecule has 3 rings (SSSR count). The second-order valence-corrected chi connectivity index (χ2v) is 11.0. The summed E-state index contributed by atoms with van der Waals surface area (Å²) in [6.07, 6.45) is 2.23. The Morgan fingerprint density at radius 3 is 2.35 bits per heavy atom. The Bertz CT molecular complexity index is 1180. The van der Waals surface area contributed by atoms with Gasteiger partial charge in [0.2, 0.25) is 11.8 Å². The van der Waals surface area contributed by atoms with Crippen molar-refractivity contribution < 1.29 is 9.59 Å². The first kappa shape index (κ1) is 29.4. The van der Waals surface area contributed by atoms with Crippen molar-refractivity contribution >= 4 is 58.4 Å². The van der Waals surface area contributed by atoms with Crippen molar-refractivity contribution in [3.05, 3.63) is 105 Å². The molecule has 0 bridgehead atoms. The maximum absolute atomic E-state index is 13.7. The van der Waals surface area contributed by atoms with Gasteiger partial charge >= 0.3 is 0 Å². The molecule has 1 N–H and O–H groups in total. The minimum absolute atomic E-state index is 0.135. The number of halogens is 3. The number of carbonyl (C=O) groups excluding carboxylic acids is 2. The molecule has 8 heteroatoms. The number of hydrogen-bond donors (Lipinski definition) is 1. The summed E-state index contributed by atoms with van der Waals surface area (Å²) in [5, 5.41) is 4.67. The van der Waals surface area contributed by atoms with Crippen molar-refractivity contribution in [2.75, 3.05) is 12.3 Å². The quantitative estimate of drug-likeness (QED) is 0.215. The van der Waals surface area contributed by atoms with E-state index in [1.165, 1.54) is 11.8 Å². The van der Waals surface area contributed by atoms with Gasteiger partial charge in [-0.25, -0.2) is 0 Å². The summed E-state index contributed by atoms with van der Waals surface area (Å²) in [5.41, 5.74) is 2.75. The lowest BCUT2D eigenvalue weighted by molar-refractivity contribution is -0.139. The maximum atomic E-state index is 13.7. The van der Waals surface area contributed by atoms with Crippen LogP contribution in [-0.2, 0) is 28.3 Å². The lowest BCUT2D eigenvalue weighted by Gasteiger charge is -2.32. The highest BCUT2D eigenvalue weighted by Gasteiger charge is 2.30. The first-order chi connectivity index (χ1) is 17.9. The first-order valence-corrected chi connectivity index (χ1v) is 14.5. The first-order valence-electron chi connectivity index (χ1n) is 12.2. The number of nitrogens with one attached hydrogen (secondary N) is 1. The average Bonchev–Trinajstić information content (AvgIpc) is 2.88. The van der Waals surface area contributed by atoms with Gasteiger partial charge in [0.15, 0.2) is 0 Å². The summed E-state index contributed by atoms with van der Waals surface area (Å²) >= 11 is 20.2. The van der Waals surface area contributed by atoms with E-state index >= 15 is 0 Å². The predicted octanol–water partition coefficient (Wildman–Crippen LogP) is 7.44. The number of nitrogens with zero attached hydrogens (tertiary/aromatic N) is 1. The second kappa shape index (κ2) is 15.3. The van der Waals surface area contributed by atoms with Gasteiger partial charge in [-0.15, -0.1) is 11.8 Å². The molecule has 0 aliphatic carbocycles. The fourth-order valence-electron chi connectivity index (χ4n) is 3.86. The van der Waals surface area contributed by atoms with Crippen LogP contribution < -0.4 is 5.32 Å². The standard InChI is InChI=1S/C29H31Cl3N2O2S/c1-2-3-14-33-29(36)27(16-21-8-5-4-6-9-21)34(18-23-12-13-25(31)17-26(23)32)28(35)20-37-19-22-10-7-11-24(30)15-22/h4-13,15,17,27H,2-3,14,16,18-20H2,1H3,(H,33,36)/t27-/m0/s1. The van der Waals surface area contributed by atoms with E-state index in [1.54, 1.807) is 23.1 Å². The number of carbonyl (C=O) groups is 2. The molecule has 0 radical (unpaired) electrons. The zero-order chi connectivity index (χ0) is 26.6. The minimum atomic E-state index is -0.690. The van der Waals surface area contributed by atoms with E-state index < -0.39 is 6.04 Å². The van der Waals surface area contributed by atoms with Crippen LogP contribution in [0.2, 0.25) is 15.1 Å². The van der Waals surface area contributed by atoms with Crippen LogP contribution in [-0.4, -0.2) is 35.1 Å². The number of hydrogen-bond acceptors (Lipinski definition) is 3. The topological polar surface area (TPSA) is 49.4 Å². The third-order valence-electron chi connectivity index (χ3n) is 5.84. The highest BCUT2D eigenvalue weighted by molar-refractivity contribution is 7.99. The van der Waals surface area contributed by atoms with Gasteiger partial charge in [-0.2, -0.15) is 0 Å². The average molecular weight is 578 g/mol. The Morgan fingerprint density at radius 1 is 0.919 bits per heavy atom. The van der Waals surface area contributed by atoms with Crippen molar-refractivity contribution in [1.29, 1.82) is 0 Å². The molecule has 0 aliphatic heterocycles. The molecule has 0 saturated carbocycles. The van der Waals surface area contributed by atoms with E-state index in [4.69, 9.17) is 34.8 Å². The molecule has 3 aromatic carbocycles. The fourth-order valence-corrected chi connectivity index (χ4v) is 5.40. The zero-order valence-electron chi connectivity index (χ0n) is 20.8. The molecule has 1 atom stereocenters. The smallest absolute Gasteiger partial charge is 0.243 e. The van der Waals surface area contributed by atoms with Crippen molar-refractivity contribution in [3.63, 3.8) is 0 Å². The Hall–Kier alpha value is -2.18. The predicted molar refractivity (Wildman–Crippen MR) is 156 cm³/mol. The van der Waals surface area contributed by atoms with Crippen LogP contribution >= 0.6 is 46.6 Å². The Balaban J connectivity index is 1.86. The lowest BCUT2D eigenvalue weighted by atomic mass is 10.0. The number of unbranched alkanes of at least 4 members (excludes halogenated alkanes) is 1. The van der Waals surface area contributed by atoms with E-state index in [0.29, 0.717) is 33.8 Å². The molecule has 0 spiro atoms. The van der Waals surface area contributed by atoms with Crippen LogP contribution in [0, 0.1) is 0 Å². The largest absolute Gasteiger partial charge is 0.354 e. The summed E-state index contributed by atoms with van der Waals surface area (Å²) in [4.78, 5) is 28.8.